The summed E-state index contributed by atoms with van der Waals surface area (Å²) in [5, 5.41) is 9.80. The quantitative estimate of drug-likeness (QED) is 0.931. The van der Waals surface area contributed by atoms with Gasteiger partial charge in [0.1, 0.15) is 5.75 Å². The van der Waals surface area contributed by atoms with Crippen LogP contribution in [0.15, 0.2) is 22.7 Å². The highest BCUT2D eigenvalue weighted by Gasteiger charge is 2.26. The number of aliphatic hydroxyl groups is 1. The fourth-order valence-corrected chi connectivity index (χ4v) is 3.60. The largest absolute Gasteiger partial charge is 0.497 e. The van der Waals surface area contributed by atoms with Crippen LogP contribution in [-0.2, 0) is 6.42 Å². The van der Waals surface area contributed by atoms with Gasteiger partial charge < -0.3 is 9.84 Å². The van der Waals surface area contributed by atoms with Crippen molar-refractivity contribution in [1.82, 2.24) is 0 Å². The van der Waals surface area contributed by atoms with Gasteiger partial charge in [0.05, 0.1) is 13.2 Å². The standard InChI is InChI=1S/C12H15BrO2S/c1-15-10-2-3-11(13)8(5-10)4-9-6-16-7-12(9)14/h2-3,5,9,12,14H,4,6-7H2,1H3. The summed E-state index contributed by atoms with van der Waals surface area (Å²) in [6.45, 7) is 0. The van der Waals surface area contributed by atoms with E-state index in [4.69, 9.17) is 4.74 Å². The topological polar surface area (TPSA) is 29.5 Å². The van der Waals surface area contributed by atoms with E-state index < -0.39 is 0 Å². The number of aliphatic hydroxyl groups excluding tert-OH is 1. The molecule has 0 radical (unpaired) electrons. The highest BCUT2D eigenvalue weighted by atomic mass is 79.9. The van der Waals surface area contributed by atoms with E-state index in [1.807, 2.05) is 30.0 Å². The molecule has 2 unspecified atom stereocenters. The molecule has 1 aromatic rings. The summed E-state index contributed by atoms with van der Waals surface area (Å²) in [5.74, 6) is 3.16. The zero-order valence-electron chi connectivity index (χ0n) is 9.15. The second-order valence-corrected chi connectivity index (χ2v) is 5.96. The van der Waals surface area contributed by atoms with E-state index in [-0.39, 0.29) is 6.10 Å². The Bertz CT molecular complexity index is 370. The lowest BCUT2D eigenvalue weighted by molar-refractivity contribution is 0.149. The molecule has 1 fully saturated rings. The van der Waals surface area contributed by atoms with Crippen LogP contribution in [0.25, 0.3) is 0 Å². The summed E-state index contributed by atoms with van der Waals surface area (Å²) in [5.41, 5.74) is 1.21. The molecule has 0 saturated carbocycles. The Morgan fingerprint density at radius 1 is 1.50 bits per heavy atom. The number of ether oxygens (including phenoxy) is 1. The maximum Gasteiger partial charge on any atom is 0.119 e. The lowest BCUT2D eigenvalue weighted by atomic mass is 9.97. The minimum atomic E-state index is -0.164. The average molecular weight is 303 g/mol. The van der Waals surface area contributed by atoms with Crippen molar-refractivity contribution < 1.29 is 9.84 Å². The van der Waals surface area contributed by atoms with Crippen LogP contribution in [0.5, 0.6) is 5.75 Å². The van der Waals surface area contributed by atoms with E-state index in [0.717, 1.165) is 28.1 Å². The van der Waals surface area contributed by atoms with Crippen molar-refractivity contribution in [3.8, 4) is 5.75 Å². The fraction of sp³-hybridized carbons (Fsp3) is 0.500. The number of halogens is 1. The van der Waals surface area contributed by atoms with Crippen LogP contribution in [0.4, 0.5) is 0 Å². The van der Waals surface area contributed by atoms with E-state index in [9.17, 15) is 5.11 Å². The minimum absolute atomic E-state index is 0.164. The van der Waals surface area contributed by atoms with Gasteiger partial charge in [0, 0.05) is 10.2 Å². The SMILES string of the molecule is COc1ccc(Br)c(CC2CSCC2O)c1. The molecule has 88 valence electrons. The first kappa shape index (κ1) is 12.3. The molecule has 1 N–H and O–H groups in total. The second kappa shape index (κ2) is 5.43. The van der Waals surface area contributed by atoms with Crippen LogP contribution in [0.1, 0.15) is 5.56 Å². The molecule has 0 amide bonds. The van der Waals surface area contributed by atoms with Gasteiger partial charge in [0.25, 0.3) is 0 Å². The van der Waals surface area contributed by atoms with Gasteiger partial charge >= 0.3 is 0 Å². The van der Waals surface area contributed by atoms with Gasteiger partial charge in [-0.25, -0.2) is 0 Å². The molecule has 0 bridgehead atoms. The third kappa shape index (κ3) is 2.73. The van der Waals surface area contributed by atoms with E-state index in [2.05, 4.69) is 15.9 Å². The van der Waals surface area contributed by atoms with Crippen LogP contribution in [0.3, 0.4) is 0 Å². The number of hydrogen-bond donors (Lipinski definition) is 1. The van der Waals surface area contributed by atoms with Gasteiger partial charge in [0.15, 0.2) is 0 Å². The minimum Gasteiger partial charge on any atom is -0.497 e. The Kier molecular flexibility index (Phi) is 4.16. The first-order chi connectivity index (χ1) is 7.70. The summed E-state index contributed by atoms with van der Waals surface area (Å²) < 4.78 is 6.31. The molecule has 1 heterocycles. The van der Waals surface area contributed by atoms with Gasteiger partial charge in [-0.2, -0.15) is 11.8 Å². The van der Waals surface area contributed by atoms with E-state index >= 15 is 0 Å². The maximum absolute atomic E-state index is 9.80. The maximum atomic E-state index is 9.80. The fourth-order valence-electron chi connectivity index (χ4n) is 1.90. The lowest BCUT2D eigenvalue weighted by Crippen LogP contribution is -2.20. The van der Waals surface area contributed by atoms with Gasteiger partial charge in [-0.1, -0.05) is 15.9 Å². The van der Waals surface area contributed by atoms with Crippen LogP contribution in [0, 0.1) is 5.92 Å². The predicted molar refractivity (Wildman–Crippen MR) is 71.2 cm³/mol. The van der Waals surface area contributed by atoms with Gasteiger partial charge in [-0.3, -0.25) is 0 Å². The number of benzene rings is 1. The molecule has 1 aromatic carbocycles. The Balaban J connectivity index is 2.13. The van der Waals surface area contributed by atoms with Crippen molar-refractivity contribution in [3.05, 3.63) is 28.2 Å². The number of hydrogen-bond acceptors (Lipinski definition) is 3. The summed E-state index contributed by atoms with van der Waals surface area (Å²) in [6.07, 6.45) is 0.745. The zero-order valence-corrected chi connectivity index (χ0v) is 11.6. The number of rotatable bonds is 3. The molecular formula is C12H15BrO2S. The normalized spacial score (nSPS) is 24.7. The van der Waals surface area contributed by atoms with Crippen LogP contribution in [0.2, 0.25) is 0 Å². The smallest absolute Gasteiger partial charge is 0.119 e. The third-order valence-electron chi connectivity index (χ3n) is 2.90. The molecule has 0 aromatic heterocycles. The summed E-state index contributed by atoms with van der Waals surface area (Å²) >= 11 is 5.37. The van der Waals surface area contributed by atoms with Crippen LogP contribution >= 0.6 is 27.7 Å². The molecule has 2 rings (SSSR count). The highest BCUT2D eigenvalue weighted by Crippen LogP contribution is 2.31. The lowest BCUT2D eigenvalue weighted by Gasteiger charge is -2.15. The molecule has 16 heavy (non-hydrogen) atoms. The molecule has 2 nitrogen and oxygen atoms in total. The monoisotopic (exact) mass is 302 g/mol. The molecule has 0 aliphatic carbocycles. The van der Waals surface area contributed by atoms with Gasteiger partial charge in [0.2, 0.25) is 0 Å². The first-order valence-electron chi connectivity index (χ1n) is 5.29. The Labute approximate surface area is 109 Å². The van der Waals surface area contributed by atoms with Crippen molar-refractivity contribution in [1.29, 1.82) is 0 Å². The second-order valence-electron chi connectivity index (χ2n) is 4.03. The van der Waals surface area contributed by atoms with Crippen molar-refractivity contribution in [2.75, 3.05) is 18.6 Å². The first-order valence-corrected chi connectivity index (χ1v) is 7.23. The Hall–Kier alpha value is -0.190. The molecule has 0 spiro atoms. The molecule has 1 aliphatic heterocycles. The molecular weight excluding hydrogens is 288 g/mol. The van der Waals surface area contributed by atoms with E-state index in [1.54, 1.807) is 7.11 Å². The predicted octanol–water partition coefficient (Wildman–Crippen LogP) is 2.72. The van der Waals surface area contributed by atoms with Crippen molar-refractivity contribution in [2.24, 2.45) is 5.92 Å². The van der Waals surface area contributed by atoms with E-state index in [1.165, 1.54) is 5.56 Å². The van der Waals surface area contributed by atoms with Crippen LogP contribution in [-0.4, -0.2) is 29.8 Å². The van der Waals surface area contributed by atoms with E-state index in [0.29, 0.717) is 5.92 Å². The third-order valence-corrected chi connectivity index (χ3v) is 4.91. The van der Waals surface area contributed by atoms with Gasteiger partial charge in [-0.05, 0) is 41.9 Å². The molecule has 1 aliphatic rings. The molecule has 4 heteroatoms. The highest BCUT2D eigenvalue weighted by molar-refractivity contribution is 9.10. The van der Waals surface area contributed by atoms with Crippen molar-refractivity contribution in [3.63, 3.8) is 0 Å². The Morgan fingerprint density at radius 2 is 2.31 bits per heavy atom. The summed E-state index contributed by atoms with van der Waals surface area (Å²) in [4.78, 5) is 0. The van der Waals surface area contributed by atoms with Crippen LogP contribution < -0.4 is 4.74 Å². The average Bonchev–Trinajstić information content (AvgIpc) is 2.68. The van der Waals surface area contributed by atoms with Crippen molar-refractivity contribution >= 4 is 27.7 Å². The zero-order chi connectivity index (χ0) is 11.5. The number of methoxy groups -OCH3 is 1. The van der Waals surface area contributed by atoms with Gasteiger partial charge in [-0.15, -0.1) is 0 Å². The molecule has 2 atom stereocenters. The summed E-state index contributed by atoms with van der Waals surface area (Å²) in [6, 6.07) is 5.98. The summed E-state index contributed by atoms with van der Waals surface area (Å²) in [7, 11) is 1.67. The van der Waals surface area contributed by atoms with Crippen molar-refractivity contribution in [2.45, 2.75) is 12.5 Å². The number of thioether (sulfide) groups is 1. The Morgan fingerprint density at radius 3 is 2.94 bits per heavy atom. The molecule has 1 saturated heterocycles.